The fraction of sp³-hybridized carbons (Fsp3) is 0.409. The fourth-order valence-electron chi connectivity index (χ4n) is 3.63. The molecule has 1 fully saturated rings. The Balaban J connectivity index is 1.65. The monoisotopic (exact) mass is 350 g/mol. The number of aryl methyl sites for hydroxylation is 2. The van der Waals surface area contributed by atoms with E-state index in [9.17, 15) is 0 Å². The molecular weight excluding hydrogens is 320 g/mol. The molecule has 26 heavy (non-hydrogen) atoms. The lowest BCUT2D eigenvalue weighted by Gasteiger charge is -2.27. The molecule has 0 atom stereocenters. The number of anilines is 1. The number of aliphatic imine (C=N–C) groups is 1. The zero-order valence-electron chi connectivity index (χ0n) is 16.0. The van der Waals surface area contributed by atoms with Crippen LogP contribution in [0.5, 0.6) is 0 Å². The molecule has 4 nitrogen and oxygen atoms in total. The minimum Gasteiger partial charge on any atom is -0.370 e. The topological polar surface area (TPSA) is 53.6 Å². The Kier molecular flexibility index (Phi) is 6.29. The molecule has 4 heteroatoms. The van der Waals surface area contributed by atoms with Crippen LogP contribution in [0.25, 0.3) is 0 Å². The number of guanidine groups is 1. The van der Waals surface area contributed by atoms with Crippen molar-refractivity contribution >= 4 is 11.6 Å². The third-order valence-electron chi connectivity index (χ3n) is 4.87. The largest absolute Gasteiger partial charge is 0.370 e. The molecule has 2 aromatic carbocycles. The average molecular weight is 351 g/mol. The van der Waals surface area contributed by atoms with E-state index in [1.165, 1.54) is 54.6 Å². The van der Waals surface area contributed by atoms with Crippen LogP contribution < -0.4 is 11.1 Å². The molecule has 0 aromatic heterocycles. The van der Waals surface area contributed by atoms with Gasteiger partial charge in [0.25, 0.3) is 0 Å². The molecule has 2 aromatic rings. The molecule has 0 radical (unpaired) electrons. The number of rotatable bonds is 5. The predicted molar refractivity (Wildman–Crippen MR) is 110 cm³/mol. The predicted octanol–water partition coefficient (Wildman–Crippen LogP) is 4.22. The maximum atomic E-state index is 6.12. The van der Waals surface area contributed by atoms with Crippen LogP contribution in [-0.2, 0) is 13.1 Å². The van der Waals surface area contributed by atoms with Crippen molar-refractivity contribution in [3.8, 4) is 0 Å². The summed E-state index contributed by atoms with van der Waals surface area (Å²) >= 11 is 0. The van der Waals surface area contributed by atoms with Crippen molar-refractivity contribution in [2.24, 2.45) is 10.7 Å². The number of nitrogens with two attached hydrogens (primary N) is 1. The van der Waals surface area contributed by atoms with Crippen LogP contribution in [0, 0.1) is 13.8 Å². The zero-order chi connectivity index (χ0) is 18.4. The van der Waals surface area contributed by atoms with Gasteiger partial charge in [0.05, 0.1) is 6.54 Å². The van der Waals surface area contributed by atoms with E-state index in [2.05, 4.69) is 71.5 Å². The van der Waals surface area contributed by atoms with E-state index >= 15 is 0 Å². The highest BCUT2D eigenvalue weighted by molar-refractivity contribution is 5.92. The summed E-state index contributed by atoms with van der Waals surface area (Å²) in [6.07, 6.45) is 3.99. The Morgan fingerprint density at radius 2 is 1.65 bits per heavy atom. The number of nitrogens with zero attached hydrogens (tertiary/aromatic N) is 2. The summed E-state index contributed by atoms with van der Waals surface area (Å²) in [6.45, 7) is 8.19. The van der Waals surface area contributed by atoms with Gasteiger partial charge in [0, 0.05) is 12.2 Å². The third kappa shape index (κ3) is 5.33. The van der Waals surface area contributed by atoms with Crippen molar-refractivity contribution in [1.82, 2.24) is 4.90 Å². The molecule has 1 aliphatic heterocycles. The molecule has 0 spiro atoms. The van der Waals surface area contributed by atoms with Gasteiger partial charge in [-0.3, -0.25) is 4.90 Å². The van der Waals surface area contributed by atoms with Gasteiger partial charge >= 0.3 is 0 Å². The first-order valence-corrected chi connectivity index (χ1v) is 9.54. The molecule has 1 heterocycles. The van der Waals surface area contributed by atoms with Crippen molar-refractivity contribution < 1.29 is 0 Å². The Bertz CT molecular complexity index is 740. The Hall–Kier alpha value is -2.33. The highest BCUT2D eigenvalue weighted by Gasteiger charge is 2.12. The molecule has 0 amide bonds. The van der Waals surface area contributed by atoms with Gasteiger partial charge in [0.2, 0.25) is 0 Å². The quantitative estimate of drug-likeness (QED) is 0.627. The zero-order valence-corrected chi connectivity index (χ0v) is 16.0. The van der Waals surface area contributed by atoms with Crippen molar-refractivity contribution in [3.05, 3.63) is 64.7 Å². The lowest BCUT2D eigenvalue weighted by molar-refractivity contribution is 0.220. The first kappa shape index (κ1) is 18.5. The number of likely N-dealkylation sites (tertiary alicyclic amines) is 1. The molecule has 1 aliphatic rings. The van der Waals surface area contributed by atoms with Crippen LogP contribution in [0.3, 0.4) is 0 Å². The highest BCUT2D eigenvalue weighted by Crippen LogP contribution is 2.17. The third-order valence-corrected chi connectivity index (χ3v) is 4.87. The van der Waals surface area contributed by atoms with Crippen LogP contribution in [0.15, 0.2) is 47.5 Å². The minimum atomic E-state index is 0.461. The van der Waals surface area contributed by atoms with E-state index in [4.69, 9.17) is 5.73 Å². The Morgan fingerprint density at radius 3 is 2.35 bits per heavy atom. The first-order chi connectivity index (χ1) is 12.6. The molecule has 0 aliphatic carbocycles. The number of nitrogens with one attached hydrogen (secondary N) is 1. The second-order valence-corrected chi connectivity index (χ2v) is 7.31. The van der Waals surface area contributed by atoms with Crippen LogP contribution in [0.1, 0.15) is 41.5 Å². The lowest BCUT2D eigenvalue weighted by atomic mass is 10.1. The van der Waals surface area contributed by atoms with Gasteiger partial charge in [0.15, 0.2) is 5.96 Å². The second-order valence-electron chi connectivity index (χ2n) is 7.31. The van der Waals surface area contributed by atoms with Gasteiger partial charge < -0.3 is 11.1 Å². The van der Waals surface area contributed by atoms with Crippen molar-refractivity contribution in [2.45, 2.75) is 46.2 Å². The van der Waals surface area contributed by atoms with Crippen LogP contribution in [0.2, 0.25) is 0 Å². The van der Waals surface area contributed by atoms with Gasteiger partial charge in [-0.1, -0.05) is 36.8 Å². The molecule has 0 bridgehead atoms. The van der Waals surface area contributed by atoms with E-state index in [1.807, 2.05) is 0 Å². The summed E-state index contributed by atoms with van der Waals surface area (Å²) in [5.74, 6) is 0.461. The summed E-state index contributed by atoms with van der Waals surface area (Å²) in [5, 5.41) is 3.21. The maximum Gasteiger partial charge on any atom is 0.193 e. The normalized spacial score (nSPS) is 15.8. The van der Waals surface area contributed by atoms with E-state index < -0.39 is 0 Å². The van der Waals surface area contributed by atoms with Gasteiger partial charge in [-0.05, 0) is 74.2 Å². The molecule has 1 saturated heterocycles. The summed E-state index contributed by atoms with van der Waals surface area (Å²) in [6, 6.07) is 14.9. The first-order valence-electron chi connectivity index (χ1n) is 9.54. The second kappa shape index (κ2) is 8.86. The number of hydrogen-bond donors (Lipinski definition) is 2. The molecule has 3 N–H and O–H groups in total. The highest BCUT2D eigenvalue weighted by atomic mass is 15.1. The Morgan fingerprint density at radius 1 is 1.00 bits per heavy atom. The Labute approximate surface area is 157 Å². The molecular formula is C22H30N4. The number of hydrogen-bond acceptors (Lipinski definition) is 2. The lowest BCUT2D eigenvalue weighted by Crippen LogP contribution is -2.29. The summed E-state index contributed by atoms with van der Waals surface area (Å²) < 4.78 is 0. The molecule has 0 unspecified atom stereocenters. The summed E-state index contributed by atoms with van der Waals surface area (Å²) in [5.41, 5.74) is 12.1. The minimum absolute atomic E-state index is 0.461. The average Bonchev–Trinajstić information content (AvgIpc) is 2.61. The number of benzene rings is 2. The van der Waals surface area contributed by atoms with Gasteiger partial charge in [-0.15, -0.1) is 0 Å². The smallest absolute Gasteiger partial charge is 0.193 e. The van der Waals surface area contributed by atoms with E-state index in [0.29, 0.717) is 12.5 Å². The van der Waals surface area contributed by atoms with Gasteiger partial charge in [-0.25, -0.2) is 4.99 Å². The van der Waals surface area contributed by atoms with E-state index in [0.717, 1.165) is 12.2 Å². The fourth-order valence-corrected chi connectivity index (χ4v) is 3.63. The standard InChI is InChI=1S/C22H30N4/c1-17-12-18(2)14-21(13-17)25-22(23)24-15-19-8-4-5-9-20(19)16-26-10-6-3-7-11-26/h4-5,8-9,12-14H,3,6-7,10-11,15-16H2,1-2H3,(H3,23,24,25). The van der Waals surface area contributed by atoms with Crippen molar-refractivity contribution in [2.75, 3.05) is 18.4 Å². The summed E-state index contributed by atoms with van der Waals surface area (Å²) in [4.78, 5) is 7.11. The van der Waals surface area contributed by atoms with E-state index in [-0.39, 0.29) is 0 Å². The van der Waals surface area contributed by atoms with E-state index in [1.54, 1.807) is 0 Å². The molecule has 3 rings (SSSR count). The maximum absolute atomic E-state index is 6.12. The SMILES string of the molecule is Cc1cc(C)cc(NC(N)=NCc2ccccc2CN2CCCCC2)c1. The molecule has 0 saturated carbocycles. The van der Waals surface area contributed by atoms with Gasteiger partial charge in [-0.2, -0.15) is 0 Å². The van der Waals surface area contributed by atoms with Crippen LogP contribution in [0.4, 0.5) is 5.69 Å². The van der Waals surface area contributed by atoms with Crippen molar-refractivity contribution in [3.63, 3.8) is 0 Å². The van der Waals surface area contributed by atoms with Crippen LogP contribution in [-0.4, -0.2) is 23.9 Å². The van der Waals surface area contributed by atoms with Crippen molar-refractivity contribution in [1.29, 1.82) is 0 Å². The molecule has 138 valence electrons. The summed E-state index contributed by atoms with van der Waals surface area (Å²) in [7, 11) is 0. The van der Waals surface area contributed by atoms with Crippen LogP contribution >= 0.6 is 0 Å². The number of piperidine rings is 1. The van der Waals surface area contributed by atoms with Gasteiger partial charge in [0.1, 0.15) is 0 Å².